The Balaban J connectivity index is 2.23. The van der Waals surface area contributed by atoms with E-state index in [4.69, 9.17) is 5.73 Å². The topological polar surface area (TPSA) is 112 Å². The molecule has 0 amide bonds. The average Bonchev–Trinajstić information content (AvgIpc) is 2.61. The van der Waals surface area contributed by atoms with E-state index in [1.54, 1.807) is 48.5 Å². The summed E-state index contributed by atoms with van der Waals surface area (Å²) >= 11 is 0. The van der Waals surface area contributed by atoms with E-state index in [2.05, 4.69) is 0 Å². The van der Waals surface area contributed by atoms with Gasteiger partial charge < -0.3 is 5.73 Å². The van der Waals surface area contributed by atoms with Gasteiger partial charge in [0.1, 0.15) is 0 Å². The van der Waals surface area contributed by atoms with Crippen molar-refractivity contribution in [1.82, 2.24) is 0 Å². The van der Waals surface area contributed by atoms with E-state index < -0.39 is 9.85 Å². The molecule has 3 rings (SSSR count). The number of nitrogen functional groups attached to an aromatic ring is 1. The minimum Gasteiger partial charge on any atom is -0.398 e. The highest BCUT2D eigenvalue weighted by Gasteiger charge is 2.20. The maximum Gasteiger partial charge on any atom is 0.277 e. The van der Waals surface area contributed by atoms with Crippen molar-refractivity contribution in [3.8, 4) is 22.3 Å². The van der Waals surface area contributed by atoms with Crippen LogP contribution in [0.4, 0.5) is 17.1 Å². The first kappa shape index (κ1) is 16.1. The fourth-order valence-corrected chi connectivity index (χ4v) is 2.72. The van der Waals surface area contributed by atoms with Crippen molar-refractivity contribution in [1.29, 1.82) is 0 Å². The summed E-state index contributed by atoms with van der Waals surface area (Å²) in [5, 5.41) is 22.2. The largest absolute Gasteiger partial charge is 0.398 e. The van der Waals surface area contributed by atoms with Gasteiger partial charge >= 0.3 is 0 Å². The predicted octanol–water partition coefficient (Wildman–Crippen LogP) is 4.42. The molecule has 0 fully saturated rings. The minimum atomic E-state index is -0.480. The second-order valence-electron chi connectivity index (χ2n) is 5.35. The van der Waals surface area contributed by atoms with Gasteiger partial charge in [0.25, 0.3) is 11.4 Å². The lowest BCUT2D eigenvalue weighted by Gasteiger charge is -2.13. The Hall–Kier alpha value is -3.74. The third kappa shape index (κ3) is 3.02. The molecule has 7 nitrogen and oxygen atoms in total. The first-order valence-electron chi connectivity index (χ1n) is 7.36. The summed E-state index contributed by atoms with van der Waals surface area (Å²) in [4.78, 5) is 21.2. The Morgan fingerprint density at radius 2 is 1.36 bits per heavy atom. The molecule has 0 atom stereocenters. The summed E-state index contributed by atoms with van der Waals surface area (Å²) in [5.41, 5.74) is 8.71. The fraction of sp³-hybridized carbons (Fsp3) is 0. The summed E-state index contributed by atoms with van der Waals surface area (Å²) in [7, 11) is 0. The highest BCUT2D eigenvalue weighted by Crippen LogP contribution is 2.40. The average molecular weight is 335 g/mol. The third-order valence-corrected chi connectivity index (χ3v) is 3.86. The Kier molecular flexibility index (Phi) is 4.13. The lowest BCUT2D eigenvalue weighted by atomic mass is 9.92. The molecule has 0 bridgehead atoms. The summed E-state index contributed by atoms with van der Waals surface area (Å²) < 4.78 is 0. The van der Waals surface area contributed by atoms with E-state index in [1.807, 2.05) is 0 Å². The van der Waals surface area contributed by atoms with Crippen LogP contribution in [0.3, 0.4) is 0 Å². The van der Waals surface area contributed by atoms with Gasteiger partial charge in [-0.05, 0) is 35.4 Å². The highest BCUT2D eigenvalue weighted by atomic mass is 16.6. The van der Waals surface area contributed by atoms with Crippen molar-refractivity contribution in [3.05, 3.63) is 87.0 Å². The molecule has 0 saturated heterocycles. The van der Waals surface area contributed by atoms with Gasteiger partial charge in [-0.1, -0.05) is 24.3 Å². The van der Waals surface area contributed by atoms with Crippen LogP contribution in [0.2, 0.25) is 0 Å². The standard InChI is InChI=1S/C18H13N3O4/c19-16-6-3-5-14(12-8-10-13(11-9-12)20(22)23)18(16)15-4-1-2-7-17(15)21(24)25/h1-11H,19H2. The number of nitrogens with two attached hydrogens (primary N) is 1. The van der Waals surface area contributed by atoms with Gasteiger partial charge in [0, 0.05) is 29.4 Å². The zero-order chi connectivity index (χ0) is 18.0. The molecule has 0 radical (unpaired) electrons. The van der Waals surface area contributed by atoms with Crippen LogP contribution in [-0.4, -0.2) is 9.85 Å². The predicted molar refractivity (Wildman–Crippen MR) is 95.0 cm³/mol. The zero-order valence-electron chi connectivity index (χ0n) is 13.0. The smallest absolute Gasteiger partial charge is 0.277 e. The normalized spacial score (nSPS) is 10.4. The van der Waals surface area contributed by atoms with Crippen LogP contribution < -0.4 is 5.73 Å². The lowest BCUT2D eigenvalue weighted by Crippen LogP contribution is -1.97. The Labute approximate surface area is 142 Å². The van der Waals surface area contributed by atoms with Crippen molar-refractivity contribution < 1.29 is 9.85 Å². The maximum atomic E-state index is 11.4. The van der Waals surface area contributed by atoms with Crippen LogP contribution >= 0.6 is 0 Å². The second-order valence-corrected chi connectivity index (χ2v) is 5.35. The second kappa shape index (κ2) is 6.40. The molecule has 25 heavy (non-hydrogen) atoms. The van der Waals surface area contributed by atoms with Gasteiger partial charge in [-0.2, -0.15) is 0 Å². The van der Waals surface area contributed by atoms with E-state index in [0.29, 0.717) is 27.9 Å². The number of nitro benzene ring substituents is 2. The van der Waals surface area contributed by atoms with Crippen molar-refractivity contribution >= 4 is 17.1 Å². The van der Waals surface area contributed by atoms with Crippen molar-refractivity contribution in [2.45, 2.75) is 0 Å². The van der Waals surface area contributed by atoms with Crippen molar-refractivity contribution in [2.24, 2.45) is 0 Å². The van der Waals surface area contributed by atoms with Gasteiger partial charge in [-0.15, -0.1) is 0 Å². The Morgan fingerprint density at radius 3 is 2.00 bits per heavy atom. The van der Waals surface area contributed by atoms with Crippen LogP contribution in [0.1, 0.15) is 0 Å². The summed E-state index contributed by atoms with van der Waals surface area (Å²) in [6.07, 6.45) is 0. The number of hydrogen-bond acceptors (Lipinski definition) is 5. The number of nitro groups is 2. The SMILES string of the molecule is Nc1cccc(-c2ccc([N+](=O)[O-])cc2)c1-c1ccccc1[N+](=O)[O-]. The van der Waals surface area contributed by atoms with Gasteiger partial charge in [-0.25, -0.2) is 0 Å². The van der Waals surface area contributed by atoms with E-state index in [-0.39, 0.29) is 11.4 Å². The molecule has 0 aromatic heterocycles. The molecule has 2 N–H and O–H groups in total. The number of non-ortho nitro benzene ring substituents is 1. The molecule has 0 spiro atoms. The van der Waals surface area contributed by atoms with Crippen LogP contribution in [0.15, 0.2) is 66.7 Å². The van der Waals surface area contributed by atoms with Crippen LogP contribution in [0.5, 0.6) is 0 Å². The van der Waals surface area contributed by atoms with E-state index in [1.165, 1.54) is 18.2 Å². The van der Waals surface area contributed by atoms with Crippen LogP contribution in [-0.2, 0) is 0 Å². The molecule has 0 saturated carbocycles. The van der Waals surface area contributed by atoms with Gasteiger partial charge in [-0.3, -0.25) is 20.2 Å². The maximum absolute atomic E-state index is 11.4. The molecular weight excluding hydrogens is 322 g/mol. The van der Waals surface area contributed by atoms with Crippen LogP contribution in [0, 0.1) is 20.2 Å². The molecular formula is C18H13N3O4. The summed E-state index contributed by atoms with van der Waals surface area (Å²) in [6, 6.07) is 17.5. The minimum absolute atomic E-state index is 0.0279. The fourth-order valence-electron chi connectivity index (χ4n) is 2.72. The first-order chi connectivity index (χ1) is 12.0. The quantitative estimate of drug-likeness (QED) is 0.431. The molecule has 0 unspecified atom stereocenters. The number of rotatable bonds is 4. The summed E-state index contributed by atoms with van der Waals surface area (Å²) in [5.74, 6) is 0. The highest BCUT2D eigenvalue weighted by molar-refractivity contribution is 5.94. The van der Waals surface area contributed by atoms with Crippen LogP contribution in [0.25, 0.3) is 22.3 Å². The van der Waals surface area contributed by atoms with Crippen molar-refractivity contribution in [3.63, 3.8) is 0 Å². The Morgan fingerprint density at radius 1 is 0.720 bits per heavy atom. The summed E-state index contributed by atoms with van der Waals surface area (Å²) in [6.45, 7) is 0. The first-order valence-corrected chi connectivity index (χ1v) is 7.36. The third-order valence-electron chi connectivity index (χ3n) is 3.86. The molecule has 3 aromatic rings. The molecule has 0 aliphatic heterocycles. The van der Waals surface area contributed by atoms with Gasteiger partial charge in [0.15, 0.2) is 0 Å². The molecule has 0 heterocycles. The van der Waals surface area contributed by atoms with E-state index >= 15 is 0 Å². The molecule has 7 heteroatoms. The molecule has 124 valence electrons. The van der Waals surface area contributed by atoms with E-state index in [0.717, 1.165) is 0 Å². The number of anilines is 1. The molecule has 3 aromatic carbocycles. The van der Waals surface area contributed by atoms with E-state index in [9.17, 15) is 20.2 Å². The number of nitrogens with zero attached hydrogens (tertiary/aromatic N) is 2. The van der Waals surface area contributed by atoms with Crippen molar-refractivity contribution in [2.75, 3.05) is 5.73 Å². The molecule has 0 aliphatic carbocycles. The lowest BCUT2D eigenvalue weighted by molar-refractivity contribution is -0.384. The molecule has 0 aliphatic rings. The zero-order valence-corrected chi connectivity index (χ0v) is 13.0. The number of hydrogen-bond donors (Lipinski definition) is 1. The number of para-hydroxylation sites is 1. The monoisotopic (exact) mass is 335 g/mol. The van der Waals surface area contributed by atoms with Gasteiger partial charge in [0.05, 0.1) is 15.4 Å². The van der Waals surface area contributed by atoms with Gasteiger partial charge in [0.2, 0.25) is 0 Å². The Bertz CT molecular complexity index is 968. The number of benzene rings is 3.